The van der Waals surface area contributed by atoms with Crippen molar-refractivity contribution in [3.8, 4) is 0 Å². The number of amides is 1. The highest BCUT2D eigenvalue weighted by Gasteiger charge is 2.26. The summed E-state index contributed by atoms with van der Waals surface area (Å²) in [5.41, 5.74) is 0.745. The Balaban J connectivity index is 2.10. The van der Waals surface area contributed by atoms with Gasteiger partial charge in [-0.2, -0.15) is 0 Å². The lowest BCUT2D eigenvalue weighted by molar-refractivity contribution is -0.144. The first-order valence-electron chi connectivity index (χ1n) is 7.03. The van der Waals surface area contributed by atoms with Crippen LogP contribution in [0.1, 0.15) is 31.2 Å². The van der Waals surface area contributed by atoms with Crippen molar-refractivity contribution < 1.29 is 14.7 Å². The van der Waals surface area contributed by atoms with Crippen LogP contribution in [-0.4, -0.2) is 34.5 Å². The number of benzene rings is 1. The molecule has 0 unspecified atom stereocenters. The number of hydrogen-bond acceptors (Lipinski definition) is 2. The predicted octanol–water partition coefficient (Wildman–Crippen LogP) is 3.21. The quantitative estimate of drug-likeness (QED) is 0.850. The van der Waals surface area contributed by atoms with Crippen LogP contribution in [0.3, 0.4) is 0 Å². The normalized spacial score (nSPS) is 15.5. The Morgan fingerprint density at radius 3 is 2.57 bits per heavy atom. The van der Waals surface area contributed by atoms with Gasteiger partial charge in [0.1, 0.15) is 6.54 Å². The van der Waals surface area contributed by atoms with Gasteiger partial charge in [0.2, 0.25) is 5.91 Å². The highest BCUT2D eigenvalue weighted by Crippen LogP contribution is 2.24. The molecule has 112 valence electrons. The molecule has 0 radical (unpaired) electrons. The summed E-state index contributed by atoms with van der Waals surface area (Å²) in [7, 11) is 0. The summed E-state index contributed by atoms with van der Waals surface area (Å²) in [6.45, 7) is -0.254. The predicted molar refractivity (Wildman–Crippen MR) is 82.1 cm³/mol. The van der Waals surface area contributed by atoms with E-state index in [1.807, 2.05) is 18.2 Å². The van der Waals surface area contributed by atoms with Crippen LogP contribution in [-0.2, 0) is 9.59 Å². The largest absolute Gasteiger partial charge is 0.480 e. The molecule has 0 heterocycles. The Bertz CT molecular complexity index is 550. The zero-order chi connectivity index (χ0) is 15.2. The van der Waals surface area contributed by atoms with Crippen LogP contribution in [0.4, 0.5) is 0 Å². The van der Waals surface area contributed by atoms with Gasteiger partial charge in [0.25, 0.3) is 0 Å². The molecule has 1 amide bonds. The van der Waals surface area contributed by atoms with Gasteiger partial charge in [-0.05, 0) is 30.5 Å². The maximum atomic E-state index is 12.3. The molecule has 5 heteroatoms. The molecular weight excluding hydrogens is 290 g/mol. The van der Waals surface area contributed by atoms with Crippen molar-refractivity contribution in [1.29, 1.82) is 0 Å². The highest BCUT2D eigenvalue weighted by molar-refractivity contribution is 6.32. The lowest BCUT2D eigenvalue weighted by atomic mass is 10.1. The van der Waals surface area contributed by atoms with Crippen molar-refractivity contribution in [2.24, 2.45) is 0 Å². The van der Waals surface area contributed by atoms with Gasteiger partial charge < -0.3 is 10.0 Å². The van der Waals surface area contributed by atoms with Crippen molar-refractivity contribution in [2.75, 3.05) is 6.54 Å². The Kier molecular flexibility index (Phi) is 5.39. The van der Waals surface area contributed by atoms with E-state index in [2.05, 4.69) is 0 Å². The number of carbonyl (C=O) groups is 2. The molecule has 1 saturated carbocycles. The van der Waals surface area contributed by atoms with Crippen molar-refractivity contribution in [2.45, 2.75) is 31.7 Å². The Morgan fingerprint density at radius 1 is 1.29 bits per heavy atom. The third kappa shape index (κ3) is 4.33. The molecule has 0 atom stereocenters. The van der Waals surface area contributed by atoms with E-state index in [9.17, 15) is 9.59 Å². The van der Waals surface area contributed by atoms with Gasteiger partial charge >= 0.3 is 5.97 Å². The van der Waals surface area contributed by atoms with Crippen LogP contribution in [0.15, 0.2) is 30.3 Å². The van der Waals surface area contributed by atoms with E-state index in [0.29, 0.717) is 5.02 Å². The van der Waals surface area contributed by atoms with Crippen molar-refractivity contribution in [3.05, 3.63) is 40.9 Å². The third-order valence-electron chi connectivity index (χ3n) is 3.66. The van der Waals surface area contributed by atoms with Gasteiger partial charge in [0.05, 0.1) is 0 Å². The topological polar surface area (TPSA) is 57.6 Å². The second-order valence-electron chi connectivity index (χ2n) is 5.15. The number of carbonyl (C=O) groups excluding carboxylic acids is 1. The average Bonchev–Trinajstić information content (AvgIpc) is 2.97. The van der Waals surface area contributed by atoms with Crippen LogP contribution in [0.5, 0.6) is 0 Å². The SMILES string of the molecule is O=C(O)CN(C(=O)/C=C/c1ccccc1Cl)C1CCCC1. The van der Waals surface area contributed by atoms with Crippen LogP contribution < -0.4 is 0 Å². The van der Waals surface area contributed by atoms with Crippen LogP contribution in [0.25, 0.3) is 6.08 Å². The summed E-state index contributed by atoms with van der Waals surface area (Å²) in [5, 5.41) is 9.55. The van der Waals surface area contributed by atoms with E-state index in [4.69, 9.17) is 16.7 Å². The van der Waals surface area contributed by atoms with Gasteiger partial charge in [-0.1, -0.05) is 42.6 Å². The fourth-order valence-electron chi connectivity index (χ4n) is 2.62. The highest BCUT2D eigenvalue weighted by atomic mass is 35.5. The molecule has 0 aliphatic heterocycles. The summed E-state index contributed by atoms with van der Waals surface area (Å²) in [4.78, 5) is 24.7. The fourth-order valence-corrected chi connectivity index (χ4v) is 2.81. The Labute approximate surface area is 129 Å². The molecule has 2 rings (SSSR count). The summed E-state index contributed by atoms with van der Waals surface area (Å²) >= 11 is 6.03. The van der Waals surface area contributed by atoms with Crippen molar-refractivity contribution >= 4 is 29.6 Å². The average molecular weight is 308 g/mol. The van der Waals surface area contributed by atoms with E-state index < -0.39 is 5.97 Å². The molecule has 1 aliphatic carbocycles. The fraction of sp³-hybridized carbons (Fsp3) is 0.375. The molecule has 1 aliphatic rings. The molecule has 1 fully saturated rings. The molecule has 0 aromatic heterocycles. The second-order valence-corrected chi connectivity index (χ2v) is 5.56. The molecule has 0 spiro atoms. The number of aliphatic carboxylic acids is 1. The monoisotopic (exact) mass is 307 g/mol. The standard InChI is InChI=1S/C16H18ClNO3/c17-14-8-4-1-5-12(14)9-10-15(19)18(11-16(20)21)13-6-2-3-7-13/h1,4-5,8-10,13H,2-3,6-7,11H2,(H,20,21)/b10-9+. The zero-order valence-corrected chi connectivity index (χ0v) is 12.4. The third-order valence-corrected chi connectivity index (χ3v) is 4.01. The van der Waals surface area contributed by atoms with E-state index in [1.54, 1.807) is 12.1 Å². The molecule has 4 nitrogen and oxygen atoms in total. The molecule has 1 N–H and O–H groups in total. The van der Waals surface area contributed by atoms with Crippen molar-refractivity contribution in [3.63, 3.8) is 0 Å². The van der Waals surface area contributed by atoms with Gasteiger partial charge in [-0.3, -0.25) is 9.59 Å². The minimum absolute atomic E-state index is 0.0319. The molecule has 1 aromatic rings. The van der Waals surface area contributed by atoms with E-state index in [-0.39, 0.29) is 18.5 Å². The first-order chi connectivity index (χ1) is 10.1. The van der Waals surface area contributed by atoms with E-state index >= 15 is 0 Å². The van der Waals surface area contributed by atoms with Gasteiger partial charge in [-0.15, -0.1) is 0 Å². The number of carboxylic acid groups (broad SMARTS) is 1. The zero-order valence-electron chi connectivity index (χ0n) is 11.7. The maximum Gasteiger partial charge on any atom is 0.323 e. The number of nitrogens with zero attached hydrogens (tertiary/aromatic N) is 1. The number of rotatable bonds is 5. The Morgan fingerprint density at radius 2 is 1.95 bits per heavy atom. The maximum absolute atomic E-state index is 12.3. The minimum atomic E-state index is -0.985. The minimum Gasteiger partial charge on any atom is -0.480 e. The number of carboxylic acids is 1. The molecule has 0 saturated heterocycles. The van der Waals surface area contributed by atoms with Crippen molar-refractivity contribution in [1.82, 2.24) is 4.90 Å². The molecular formula is C16H18ClNO3. The number of halogens is 1. The van der Waals surface area contributed by atoms with E-state index in [1.165, 1.54) is 11.0 Å². The van der Waals surface area contributed by atoms with Crippen LogP contribution in [0, 0.1) is 0 Å². The molecule has 1 aromatic carbocycles. The first-order valence-corrected chi connectivity index (χ1v) is 7.40. The van der Waals surface area contributed by atoms with Crippen LogP contribution in [0.2, 0.25) is 5.02 Å². The number of hydrogen-bond donors (Lipinski definition) is 1. The smallest absolute Gasteiger partial charge is 0.323 e. The molecule has 0 bridgehead atoms. The lowest BCUT2D eigenvalue weighted by Gasteiger charge is -2.26. The lowest BCUT2D eigenvalue weighted by Crippen LogP contribution is -2.41. The van der Waals surface area contributed by atoms with Gasteiger partial charge in [0.15, 0.2) is 0 Å². The molecule has 21 heavy (non-hydrogen) atoms. The second kappa shape index (κ2) is 7.27. The van der Waals surface area contributed by atoms with Gasteiger partial charge in [0, 0.05) is 17.1 Å². The summed E-state index contributed by atoms with van der Waals surface area (Å²) < 4.78 is 0. The summed E-state index contributed by atoms with van der Waals surface area (Å²) in [6.07, 6.45) is 6.87. The first kappa shape index (κ1) is 15.6. The van der Waals surface area contributed by atoms with Gasteiger partial charge in [-0.25, -0.2) is 0 Å². The summed E-state index contributed by atoms with van der Waals surface area (Å²) in [6, 6.07) is 7.24. The van der Waals surface area contributed by atoms with E-state index in [0.717, 1.165) is 31.2 Å². The summed E-state index contributed by atoms with van der Waals surface area (Å²) in [5.74, 6) is -1.26. The van der Waals surface area contributed by atoms with Crippen LogP contribution >= 0.6 is 11.6 Å². The Hall–Kier alpha value is -1.81.